The Morgan fingerprint density at radius 1 is 0.618 bits per heavy atom. The molecule has 0 aromatic carbocycles. The average Bonchev–Trinajstić information content (AvgIpc) is 2.79. The van der Waals surface area contributed by atoms with E-state index >= 15 is 0 Å². The zero-order chi connectivity index (χ0) is 25.5. The van der Waals surface area contributed by atoms with E-state index in [2.05, 4.69) is 19.1 Å². The predicted octanol–water partition coefficient (Wildman–Crippen LogP) is 4.93. The fourth-order valence-corrected chi connectivity index (χ4v) is 4.43. The molecule has 7 nitrogen and oxygen atoms in total. The van der Waals surface area contributed by atoms with Gasteiger partial charge in [-0.15, -0.1) is 0 Å². The lowest BCUT2D eigenvalue weighted by Crippen LogP contribution is -2.53. The molecule has 0 aromatic heterocycles. The molecule has 0 saturated heterocycles. The highest BCUT2D eigenvalue weighted by Gasteiger charge is 2.28. The normalized spacial score (nSPS) is 11.8. The Morgan fingerprint density at radius 2 is 1.03 bits per heavy atom. The summed E-state index contributed by atoms with van der Waals surface area (Å²) in [4.78, 5) is 33.2. The smallest absolute Gasteiger partial charge is 0.309 e. The number of carboxylic acid groups (broad SMARTS) is 3. The lowest BCUT2D eigenvalue weighted by Gasteiger charge is -2.38. The summed E-state index contributed by atoms with van der Waals surface area (Å²) >= 11 is 0. The quantitative estimate of drug-likeness (QED) is 0.108. The van der Waals surface area contributed by atoms with Crippen molar-refractivity contribution in [3.05, 3.63) is 12.2 Å². The molecule has 0 rings (SSSR count). The molecule has 0 atom stereocenters. The fourth-order valence-electron chi connectivity index (χ4n) is 4.43. The molecule has 0 heterocycles. The van der Waals surface area contributed by atoms with E-state index < -0.39 is 17.9 Å². The summed E-state index contributed by atoms with van der Waals surface area (Å²) in [5, 5.41) is 29.2. The molecule has 0 fully saturated rings. The SMILES string of the molecule is CC/C=C/CCCCCCCCCCCCCC[N+](CCC(=O)[O-])(CCC(=O)O)CCC(=O)O. The third-order valence-corrected chi connectivity index (χ3v) is 6.55. The summed E-state index contributed by atoms with van der Waals surface area (Å²) in [6.45, 7) is 3.51. The highest BCUT2D eigenvalue weighted by atomic mass is 16.4. The van der Waals surface area contributed by atoms with Crippen molar-refractivity contribution in [3.63, 3.8) is 0 Å². The van der Waals surface area contributed by atoms with Gasteiger partial charge in [-0.1, -0.05) is 76.9 Å². The molecule has 0 amide bonds. The number of carbonyl (C=O) groups is 3. The second-order valence-electron chi connectivity index (χ2n) is 9.56. The first kappa shape index (κ1) is 32.1. The lowest BCUT2D eigenvalue weighted by molar-refractivity contribution is -0.927. The standard InChI is InChI=1S/C27H49NO6/c1-2-3-4-5-6-7-8-9-10-11-12-13-14-15-16-17-21-28(22-18-25(29)30,23-19-26(31)32)24-20-27(33)34/h3-4H,2,5-24H2,1H3,(H2-,29,30,31,32,33,34)/b4-3+. The number of carboxylic acids is 3. The molecule has 0 spiro atoms. The summed E-state index contributed by atoms with van der Waals surface area (Å²) in [6, 6.07) is 0. The van der Waals surface area contributed by atoms with Crippen LogP contribution in [0.1, 0.15) is 116 Å². The topological polar surface area (TPSA) is 115 Å². The second kappa shape index (κ2) is 21.6. The zero-order valence-corrected chi connectivity index (χ0v) is 21.5. The van der Waals surface area contributed by atoms with E-state index in [0.717, 1.165) is 25.7 Å². The molecule has 0 radical (unpaired) electrons. The minimum atomic E-state index is -1.18. The van der Waals surface area contributed by atoms with Crippen LogP contribution in [0.25, 0.3) is 0 Å². The number of hydrogen-bond acceptors (Lipinski definition) is 4. The Balaban J connectivity index is 4.07. The summed E-state index contributed by atoms with van der Waals surface area (Å²) in [5.41, 5.74) is 0. The van der Waals surface area contributed by atoms with Crippen molar-refractivity contribution >= 4 is 17.9 Å². The average molecular weight is 484 g/mol. The highest BCUT2D eigenvalue weighted by molar-refractivity contribution is 5.67. The Kier molecular flexibility index (Phi) is 20.4. The Morgan fingerprint density at radius 3 is 1.44 bits per heavy atom. The fraction of sp³-hybridized carbons (Fsp3) is 0.815. The summed E-state index contributed by atoms with van der Waals surface area (Å²) in [7, 11) is 0. The van der Waals surface area contributed by atoms with Gasteiger partial charge in [-0.2, -0.15) is 0 Å². The number of allylic oxidation sites excluding steroid dienone is 2. The van der Waals surface area contributed by atoms with Crippen molar-refractivity contribution < 1.29 is 34.2 Å². The molecule has 0 bridgehead atoms. The minimum Gasteiger partial charge on any atom is -0.550 e. The van der Waals surface area contributed by atoms with Gasteiger partial charge in [0.25, 0.3) is 0 Å². The van der Waals surface area contributed by atoms with Gasteiger partial charge in [0.2, 0.25) is 0 Å². The third kappa shape index (κ3) is 20.7. The maximum Gasteiger partial charge on any atom is 0.309 e. The monoisotopic (exact) mass is 483 g/mol. The van der Waals surface area contributed by atoms with Crippen molar-refractivity contribution in [3.8, 4) is 0 Å². The molecule has 0 aliphatic heterocycles. The van der Waals surface area contributed by atoms with Crippen LogP contribution in [0.5, 0.6) is 0 Å². The maximum atomic E-state index is 11.1. The van der Waals surface area contributed by atoms with Crippen LogP contribution in [-0.2, 0) is 14.4 Å². The van der Waals surface area contributed by atoms with Crippen LogP contribution in [0.3, 0.4) is 0 Å². The lowest BCUT2D eigenvalue weighted by atomic mass is 10.0. The van der Waals surface area contributed by atoms with Crippen molar-refractivity contribution in [1.29, 1.82) is 0 Å². The predicted molar refractivity (Wildman–Crippen MR) is 133 cm³/mol. The summed E-state index contributed by atoms with van der Waals surface area (Å²) < 4.78 is 0.224. The van der Waals surface area contributed by atoms with Crippen LogP contribution in [-0.4, -0.2) is 58.8 Å². The molecule has 0 saturated carbocycles. The van der Waals surface area contributed by atoms with Gasteiger partial charge in [-0.25, -0.2) is 0 Å². The van der Waals surface area contributed by atoms with E-state index in [1.807, 2.05) is 0 Å². The molecule has 0 aliphatic rings. The Hall–Kier alpha value is -1.89. The zero-order valence-electron chi connectivity index (χ0n) is 21.5. The second-order valence-corrected chi connectivity index (χ2v) is 9.56. The van der Waals surface area contributed by atoms with E-state index in [9.17, 15) is 19.5 Å². The van der Waals surface area contributed by atoms with E-state index in [1.54, 1.807) is 0 Å². The van der Waals surface area contributed by atoms with Gasteiger partial charge in [-0.3, -0.25) is 9.59 Å². The van der Waals surface area contributed by atoms with Gasteiger partial charge >= 0.3 is 11.9 Å². The van der Waals surface area contributed by atoms with E-state index in [1.165, 1.54) is 64.2 Å². The number of unbranched alkanes of at least 4 members (excludes halogenated alkanes) is 12. The van der Waals surface area contributed by atoms with Gasteiger partial charge in [0.05, 0.1) is 39.0 Å². The number of carbonyl (C=O) groups excluding carboxylic acids is 1. The third-order valence-electron chi connectivity index (χ3n) is 6.55. The van der Waals surface area contributed by atoms with E-state index in [4.69, 9.17) is 10.2 Å². The van der Waals surface area contributed by atoms with Crippen LogP contribution in [0.2, 0.25) is 0 Å². The number of aliphatic carboxylic acids is 3. The Labute approximate surface area is 206 Å². The Bertz CT molecular complexity index is 530. The maximum absolute atomic E-state index is 11.1. The van der Waals surface area contributed by atoms with E-state index in [-0.39, 0.29) is 43.4 Å². The van der Waals surface area contributed by atoms with Crippen molar-refractivity contribution in [1.82, 2.24) is 0 Å². The molecule has 2 N–H and O–H groups in total. The number of hydrogen-bond donors (Lipinski definition) is 2. The first-order valence-electron chi connectivity index (χ1n) is 13.4. The molecule has 34 heavy (non-hydrogen) atoms. The van der Waals surface area contributed by atoms with Gasteiger partial charge in [0.15, 0.2) is 0 Å². The first-order chi connectivity index (χ1) is 16.3. The van der Waals surface area contributed by atoms with Gasteiger partial charge in [0, 0.05) is 12.4 Å². The summed E-state index contributed by atoms with van der Waals surface area (Å²) in [5.74, 6) is -3.08. The first-order valence-corrected chi connectivity index (χ1v) is 13.4. The molecule has 7 heteroatoms. The van der Waals surface area contributed by atoms with Gasteiger partial charge in [0.1, 0.15) is 0 Å². The molecular formula is C27H49NO6. The van der Waals surface area contributed by atoms with E-state index in [0.29, 0.717) is 6.54 Å². The van der Waals surface area contributed by atoms with Crippen LogP contribution in [0.15, 0.2) is 12.2 Å². The molecule has 0 aliphatic carbocycles. The van der Waals surface area contributed by atoms with Crippen molar-refractivity contribution in [2.24, 2.45) is 0 Å². The number of quaternary nitrogens is 1. The van der Waals surface area contributed by atoms with Crippen LogP contribution >= 0.6 is 0 Å². The van der Waals surface area contributed by atoms with Crippen molar-refractivity contribution in [2.45, 2.75) is 116 Å². The van der Waals surface area contributed by atoms with Crippen molar-refractivity contribution in [2.75, 3.05) is 26.2 Å². The largest absolute Gasteiger partial charge is 0.550 e. The molecule has 0 aromatic rings. The number of nitrogens with zero attached hydrogens (tertiary/aromatic N) is 1. The van der Waals surface area contributed by atoms with Gasteiger partial charge in [-0.05, 0) is 32.1 Å². The van der Waals surface area contributed by atoms with Gasteiger partial charge < -0.3 is 24.6 Å². The van der Waals surface area contributed by atoms with Crippen LogP contribution < -0.4 is 5.11 Å². The van der Waals surface area contributed by atoms with Crippen LogP contribution in [0.4, 0.5) is 0 Å². The molecular weight excluding hydrogens is 434 g/mol. The minimum absolute atomic E-state index is 0.0947. The van der Waals surface area contributed by atoms with Crippen LogP contribution in [0, 0.1) is 0 Å². The highest BCUT2D eigenvalue weighted by Crippen LogP contribution is 2.17. The number of rotatable bonds is 25. The summed E-state index contributed by atoms with van der Waals surface area (Å²) in [6.07, 6.45) is 21.0. The molecule has 198 valence electrons. The molecule has 0 unspecified atom stereocenters.